The zero-order valence-corrected chi connectivity index (χ0v) is 17.9. The molecule has 3 aromatic rings. The van der Waals surface area contributed by atoms with E-state index in [0.717, 1.165) is 55.1 Å². The predicted molar refractivity (Wildman–Crippen MR) is 116 cm³/mol. The fraction of sp³-hybridized carbons (Fsp3) is 0.318. The number of nitrogens with zero attached hydrogens (tertiary/aromatic N) is 3. The summed E-state index contributed by atoms with van der Waals surface area (Å²) in [6.45, 7) is 2.78. The van der Waals surface area contributed by atoms with E-state index in [1.807, 2.05) is 6.07 Å². The van der Waals surface area contributed by atoms with Crippen LogP contribution in [0.1, 0.15) is 34.5 Å². The van der Waals surface area contributed by atoms with Crippen LogP contribution in [-0.2, 0) is 12.7 Å². The van der Waals surface area contributed by atoms with Gasteiger partial charge in [-0.2, -0.15) is 13.2 Å². The van der Waals surface area contributed by atoms with Crippen LogP contribution in [0.25, 0.3) is 10.9 Å². The molecule has 1 aliphatic rings. The molecule has 11 heteroatoms. The molecule has 8 nitrogen and oxygen atoms in total. The SMILES string of the molecule is CN(C(=N)N)C(=O)c1cc2c(C(F)(F)F)ccc(Oc3cc(CN4CCCC4)ccn3)c2[nH]1. The Labute approximate surface area is 187 Å². The van der Waals surface area contributed by atoms with Gasteiger partial charge >= 0.3 is 6.18 Å². The van der Waals surface area contributed by atoms with Crippen LogP contribution in [0.5, 0.6) is 11.6 Å². The number of carbonyl (C=O) groups excluding carboxylic acids is 1. The number of pyridine rings is 1. The molecule has 1 aromatic carbocycles. The van der Waals surface area contributed by atoms with E-state index in [-0.39, 0.29) is 28.2 Å². The molecule has 0 spiro atoms. The zero-order chi connectivity index (χ0) is 23.8. The van der Waals surface area contributed by atoms with Crippen molar-refractivity contribution in [2.45, 2.75) is 25.6 Å². The predicted octanol–water partition coefficient (Wildman–Crippen LogP) is 3.94. The molecule has 0 saturated carbocycles. The van der Waals surface area contributed by atoms with Crippen molar-refractivity contribution in [3.8, 4) is 11.6 Å². The number of benzene rings is 1. The number of aromatic nitrogens is 2. The van der Waals surface area contributed by atoms with E-state index in [9.17, 15) is 18.0 Å². The highest BCUT2D eigenvalue weighted by Gasteiger charge is 2.34. The van der Waals surface area contributed by atoms with Gasteiger partial charge in [-0.05, 0) is 55.8 Å². The molecule has 0 atom stereocenters. The largest absolute Gasteiger partial charge is 0.437 e. The molecule has 0 bridgehead atoms. The second kappa shape index (κ2) is 8.74. The lowest BCUT2D eigenvalue weighted by atomic mass is 10.1. The molecule has 0 unspecified atom stereocenters. The van der Waals surface area contributed by atoms with E-state index in [2.05, 4.69) is 14.9 Å². The van der Waals surface area contributed by atoms with Crippen LogP contribution in [0.15, 0.2) is 36.5 Å². The zero-order valence-electron chi connectivity index (χ0n) is 17.9. The second-order valence-corrected chi connectivity index (χ2v) is 7.92. The van der Waals surface area contributed by atoms with Gasteiger partial charge in [0.15, 0.2) is 11.7 Å². The summed E-state index contributed by atoms with van der Waals surface area (Å²) in [7, 11) is 1.26. The van der Waals surface area contributed by atoms with E-state index in [1.165, 1.54) is 13.1 Å². The first kappa shape index (κ1) is 22.6. The highest BCUT2D eigenvalue weighted by molar-refractivity contribution is 6.06. The quantitative estimate of drug-likeness (QED) is 0.395. The van der Waals surface area contributed by atoms with Crippen LogP contribution in [0.4, 0.5) is 13.2 Å². The minimum atomic E-state index is -4.64. The maximum atomic E-state index is 13.6. The fourth-order valence-electron chi connectivity index (χ4n) is 3.85. The smallest absolute Gasteiger partial charge is 0.417 e. The average molecular weight is 460 g/mol. The first-order valence-corrected chi connectivity index (χ1v) is 10.3. The Bertz CT molecular complexity index is 1200. The number of nitrogens with two attached hydrogens (primary N) is 1. The molecule has 0 radical (unpaired) electrons. The summed E-state index contributed by atoms with van der Waals surface area (Å²) in [6.07, 6.45) is -0.734. The topological polar surface area (TPSA) is 111 Å². The van der Waals surface area contributed by atoms with Crippen LogP contribution in [0.3, 0.4) is 0 Å². The van der Waals surface area contributed by atoms with E-state index in [1.54, 1.807) is 12.3 Å². The number of rotatable bonds is 5. The minimum Gasteiger partial charge on any atom is -0.437 e. The molecule has 0 aliphatic carbocycles. The van der Waals surface area contributed by atoms with Crippen molar-refractivity contribution in [2.75, 3.05) is 20.1 Å². The van der Waals surface area contributed by atoms with Crippen LogP contribution in [0, 0.1) is 5.41 Å². The Kier molecular flexibility index (Phi) is 5.98. The first-order chi connectivity index (χ1) is 15.6. The monoisotopic (exact) mass is 460 g/mol. The van der Waals surface area contributed by atoms with Crippen LogP contribution < -0.4 is 10.5 Å². The third kappa shape index (κ3) is 4.77. The number of guanidine groups is 1. The summed E-state index contributed by atoms with van der Waals surface area (Å²) in [5, 5.41) is 7.17. The number of fused-ring (bicyclic) bond motifs is 1. The molecular weight excluding hydrogens is 437 g/mol. The van der Waals surface area contributed by atoms with E-state index < -0.39 is 23.6 Å². The fourth-order valence-corrected chi connectivity index (χ4v) is 3.85. The van der Waals surface area contributed by atoms with Gasteiger partial charge in [0.05, 0.1) is 11.1 Å². The Morgan fingerprint density at radius 2 is 2.00 bits per heavy atom. The van der Waals surface area contributed by atoms with Crippen molar-refractivity contribution in [3.63, 3.8) is 0 Å². The van der Waals surface area contributed by atoms with Gasteiger partial charge in [-0.1, -0.05) is 0 Å². The molecule has 4 N–H and O–H groups in total. The first-order valence-electron chi connectivity index (χ1n) is 10.3. The lowest BCUT2D eigenvalue weighted by molar-refractivity contribution is -0.136. The van der Waals surface area contributed by atoms with Gasteiger partial charge in [-0.3, -0.25) is 20.0 Å². The average Bonchev–Trinajstić information content (AvgIpc) is 3.42. The summed E-state index contributed by atoms with van der Waals surface area (Å²) in [4.78, 5) is 22.5. The summed E-state index contributed by atoms with van der Waals surface area (Å²) in [5.41, 5.74) is 5.24. The molecular formula is C22H23F3N6O2. The number of hydrogen-bond acceptors (Lipinski definition) is 5. The molecule has 3 heterocycles. The number of ether oxygens (including phenoxy) is 1. The van der Waals surface area contributed by atoms with Gasteiger partial charge in [0, 0.05) is 31.2 Å². The van der Waals surface area contributed by atoms with Gasteiger partial charge in [0.25, 0.3) is 5.91 Å². The molecule has 174 valence electrons. The van der Waals surface area contributed by atoms with Crippen molar-refractivity contribution in [3.05, 3.63) is 53.3 Å². The minimum absolute atomic E-state index is 0.00290. The lowest BCUT2D eigenvalue weighted by Gasteiger charge is -2.15. The number of nitrogens with one attached hydrogen (secondary N) is 2. The molecule has 4 rings (SSSR count). The summed E-state index contributed by atoms with van der Waals surface area (Å²) < 4.78 is 46.6. The van der Waals surface area contributed by atoms with Gasteiger partial charge in [0.1, 0.15) is 5.69 Å². The number of likely N-dealkylation sites (tertiary alicyclic amines) is 1. The number of H-pyrrole nitrogens is 1. The number of carbonyl (C=O) groups is 1. The van der Waals surface area contributed by atoms with Gasteiger partial charge in [-0.25, -0.2) is 4.98 Å². The van der Waals surface area contributed by atoms with Gasteiger partial charge in [0.2, 0.25) is 5.88 Å². The second-order valence-electron chi connectivity index (χ2n) is 7.92. The maximum absolute atomic E-state index is 13.6. The number of aromatic amines is 1. The normalized spacial score (nSPS) is 14.5. The van der Waals surface area contributed by atoms with Crippen LogP contribution in [0.2, 0.25) is 0 Å². The number of halogens is 3. The Morgan fingerprint density at radius 1 is 1.27 bits per heavy atom. The molecule has 1 aliphatic heterocycles. The van der Waals surface area contributed by atoms with Crippen molar-refractivity contribution in [1.82, 2.24) is 19.8 Å². The van der Waals surface area contributed by atoms with E-state index >= 15 is 0 Å². The van der Waals surface area contributed by atoms with Crippen LogP contribution in [-0.4, -0.2) is 51.8 Å². The van der Waals surface area contributed by atoms with E-state index in [0.29, 0.717) is 0 Å². The standard InChI is InChI=1S/C22H23F3N6O2/c1-30(21(26)27)20(32)16-11-14-15(22(23,24)25)4-5-17(19(14)29-16)33-18-10-13(6-7-28-18)12-31-8-2-3-9-31/h4-7,10-11,29H,2-3,8-9,12H2,1H3,(H3,26,27). The Morgan fingerprint density at radius 3 is 2.67 bits per heavy atom. The molecule has 1 saturated heterocycles. The number of alkyl halides is 3. The maximum Gasteiger partial charge on any atom is 0.417 e. The third-order valence-electron chi connectivity index (χ3n) is 5.58. The molecule has 1 amide bonds. The van der Waals surface area contributed by atoms with Gasteiger partial charge < -0.3 is 15.5 Å². The molecule has 2 aromatic heterocycles. The third-order valence-corrected chi connectivity index (χ3v) is 5.58. The van der Waals surface area contributed by atoms with Crippen LogP contribution >= 0.6 is 0 Å². The summed E-state index contributed by atoms with van der Waals surface area (Å²) >= 11 is 0. The lowest BCUT2D eigenvalue weighted by Crippen LogP contribution is -2.38. The Balaban J connectivity index is 1.70. The number of hydrogen-bond donors (Lipinski definition) is 3. The van der Waals surface area contributed by atoms with Crippen molar-refractivity contribution >= 4 is 22.8 Å². The highest BCUT2D eigenvalue weighted by Crippen LogP contribution is 2.39. The molecule has 33 heavy (non-hydrogen) atoms. The van der Waals surface area contributed by atoms with Crippen molar-refractivity contribution in [2.24, 2.45) is 5.73 Å². The summed E-state index contributed by atoms with van der Waals surface area (Å²) in [6, 6.07) is 6.81. The van der Waals surface area contributed by atoms with E-state index in [4.69, 9.17) is 15.9 Å². The van der Waals surface area contributed by atoms with Crippen molar-refractivity contribution in [1.29, 1.82) is 5.41 Å². The van der Waals surface area contributed by atoms with Crippen molar-refractivity contribution < 1.29 is 22.7 Å². The Hall–Kier alpha value is -3.60. The summed E-state index contributed by atoms with van der Waals surface area (Å²) in [5.74, 6) is -0.960. The van der Waals surface area contributed by atoms with Gasteiger partial charge in [-0.15, -0.1) is 0 Å². The highest BCUT2D eigenvalue weighted by atomic mass is 19.4. The molecule has 1 fully saturated rings. The number of amides is 1.